The molecule has 0 aliphatic carbocycles. The highest BCUT2D eigenvalue weighted by molar-refractivity contribution is 5.90. The van der Waals surface area contributed by atoms with E-state index >= 15 is 0 Å². The summed E-state index contributed by atoms with van der Waals surface area (Å²) in [5.41, 5.74) is 2.28. The van der Waals surface area contributed by atoms with Gasteiger partial charge in [0.15, 0.2) is 5.69 Å². The van der Waals surface area contributed by atoms with Gasteiger partial charge in [-0.3, -0.25) is 9.20 Å². The standard InChI is InChI=1S/C20H21N3O4/c1-13-10-15(22(2)3)11-23-18(13)21-16(20(25)26-4)17(19(23)24)27-12-14-8-6-5-7-9-14/h5-11H,12H2,1-4H3. The first-order chi connectivity index (χ1) is 12.9. The number of aromatic nitrogens is 2. The zero-order valence-electron chi connectivity index (χ0n) is 15.7. The van der Waals surface area contributed by atoms with Crippen LogP contribution in [0.2, 0.25) is 0 Å². The lowest BCUT2D eigenvalue weighted by Gasteiger charge is -2.16. The zero-order valence-corrected chi connectivity index (χ0v) is 15.7. The molecular formula is C20H21N3O4. The predicted octanol–water partition coefficient (Wildman–Crippen LogP) is 2.43. The molecule has 0 spiro atoms. The number of carbonyl (C=O) groups is 1. The molecule has 0 unspecified atom stereocenters. The SMILES string of the molecule is COC(=O)c1nc2c(C)cc(N(C)C)cn2c(=O)c1OCc1ccccc1. The number of nitrogens with zero attached hydrogens (tertiary/aromatic N) is 3. The molecule has 0 amide bonds. The topological polar surface area (TPSA) is 73.1 Å². The number of pyridine rings is 1. The van der Waals surface area contributed by atoms with E-state index < -0.39 is 11.5 Å². The summed E-state index contributed by atoms with van der Waals surface area (Å²) in [4.78, 5) is 31.5. The maximum absolute atomic E-state index is 13.1. The number of methoxy groups -OCH3 is 1. The molecule has 0 N–H and O–H groups in total. The summed E-state index contributed by atoms with van der Waals surface area (Å²) in [6, 6.07) is 11.3. The van der Waals surface area contributed by atoms with E-state index in [1.165, 1.54) is 11.5 Å². The molecule has 0 atom stereocenters. The van der Waals surface area contributed by atoms with Crippen LogP contribution in [-0.2, 0) is 11.3 Å². The van der Waals surface area contributed by atoms with E-state index in [0.717, 1.165) is 16.8 Å². The van der Waals surface area contributed by atoms with Crippen molar-refractivity contribution in [3.63, 3.8) is 0 Å². The van der Waals surface area contributed by atoms with Gasteiger partial charge in [-0.25, -0.2) is 9.78 Å². The first-order valence-electron chi connectivity index (χ1n) is 8.41. The zero-order chi connectivity index (χ0) is 19.6. The minimum atomic E-state index is -0.714. The molecule has 3 rings (SSSR count). The average molecular weight is 367 g/mol. The molecular weight excluding hydrogens is 346 g/mol. The van der Waals surface area contributed by atoms with Gasteiger partial charge in [0.25, 0.3) is 0 Å². The van der Waals surface area contributed by atoms with Crippen molar-refractivity contribution in [3.8, 4) is 5.75 Å². The highest BCUT2D eigenvalue weighted by Gasteiger charge is 2.22. The average Bonchev–Trinajstić information content (AvgIpc) is 2.67. The number of hydrogen-bond acceptors (Lipinski definition) is 6. The van der Waals surface area contributed by atoms with E-state index in [2.05, 4.69) is 4.98 Å². The fraction of sp³-hybridized carbons (Fsp3) is 0.250. The van der Waals surface area contributed by atoms with Crippen LogP contribution in [0.5, 0.6) is 5.75 Å². The molecule has 0 saturated carbocycles. The van der Waals surface area contributed by atoms with Crippen molar-refractivity contribution in [3.05, 3.63) is 69.8 Å². The van der Waals surface area contributed by atoms with E-state index in [4.69, 9.17) is 9.47 Å². The van der Waals surface area contributed by atoms with Crippen LogP contribution in [0.25, 0.3) is 5.65 Å². The Morgan fingerprint density at radius 3 is 2.56 bits per heavy atom. The second-order valence-electron chi connectivity index (χ2n) is 6.33. The number of hydrogen-bond donors (Lipinski definition) is 0. The molecule has 2 heterocycles. The molecule has 0 radical (unpaired) electrons. The minimum Gasteiger partial charge on any atom is -0.481 e. The Morgan fingerprint density at radius 1 is 1.22 bits per heavy atom. The van der Waals surface area contributed by atoms with Gasteiger partial charge in [-0.05, 0) is 24.1 Å². The number of carbonyl (C=O) groups excluding carboxylic acids is 1. The van der Waals surface area contributed by atoms with Gasteiger partial charge >= 0.3 is 11.5 Å². The van der Waals surface area contributed by atoms with Crippen LogP contribution in [0.3, 0.4) is 0 Å². The quantitative estimate of drug-likeness (QED) is 0.645. The number of benzene rings is 1. The Bertz CT molecular complexity index is 1040. The van der Waals surface area contributed by atoms with Gasteiger partial charge in [0, 0.05) is 20.3 Å². The maximum atomic E-state index is 13.1. The molecule has 0 saturated heterocycles. The van der Waals surface area contributed by atoms with Crippen LogP contribution in [0.4, 0.5) is 5.69 Å². The lowest BCUT2D eigenvalue weighted by molar-refractivity contribution is 0.0588. The number of ether oxygens (including phenoxy) is 2. The first kappa shape index (κ1) is 18.4. The van der Waals surface area contributed by atoms with E-state index in [9.17, 15) is 9.59 Å². The highest BCUT2D eigenvalue weighted by atomic mass is 16.5. The molecule has 3 aromatic rings. The number of rotatable bonds is 5. The Morgan fingerprint density at radius 2 is 1.93 bits per heavy atom. The van der Waals surface area contributed by atoms with Crippen LogP contribution in [0, 0.1) is 6.92 Å². The molecule has 0 aliphatic rings. The van der Waals surface area contributed by atoms with E-state index in [-0.39, 0.29) is 18.1 Å². The first-order valence-corrected chi connectivity index (χ1v) is 8.41. The number of anilines is 1. The van der Waals surface area contributed by atoms with E-state index in [1.54, 1.807) is 6.20 Å². The predicted molar refractivity (Wildman–Crippen MR) is 103 cm³/mol. The third kappa shape index (κ3) is 3.62. The van der Waals surface area contributed by atoms with Gasteiger partial charge < -0.3 is 14.4 Å². The highest BCUT2D eigenvalue weighted by Crippen LogP contribution is 2.21. The minimum absolute atomic E-state index is 0.126. The van der Waals surface area contributed by atoms with Crippen molar-refractivity contribution >= 4 is 17.3 Å². The number of fused-ring (bicyclic) bond motifs is 1. The summed E-state index contributed by atoms with van der Waals surface area (Å²) in [5, 5.41) is 0. The summed E-state index contributed by atoms with van der Waals surface area (Å²) in [5.74, 6) is -0.841. The summed E-state index contributed by atoms with van der Waals surface area (Å²) in [6.07, 6.45) is 1.67. The Kier molecular flexibility index (Phi) is 5.12. The molecule has 2 aromatic heterocycles. The molecule has 0 aliphatic heterocycles. The van der Waals surface area contributed by atoms with Crippen LogP contribution in [0.1, 0.15) is 21.6 Å². The van der Waals surface area contributed by atoms with Crippen LogP contribution >= 0.6 is 0 Å². The lowest BCUT2D eigenvalue weighted by atomic mass is 10.2. The Hall–Kier alpha value is -3.35. The maximum Gasteiger partial charge on any atom is 0.360 e. The number of esters is 1. The third-order valence-electron chi connectivity index (χ3n) is 4.17. The van der Waals surface area contributed by atoms with Crippen LogP contribution in [-0.4, -0.2) is 36.6 Å². The molecule has 0 bridgehead atoms. The van der Waals surface area contributed by atoms with Crippen molar-refractivity contribution in [2.45, 2.75) is 13.5 Å². The van der Waals surface area contributed by atoms with E-state index in [1.807, 2.05) is 62.3 Å². The summed E-state index contributed by atoms with van der Waals surface area (Å²) >= 11 is 0. The largest absolute Gasteiger partial charge is 0.481 e. The normalized spacial score (nSPS) is 10.7. The van der Waals surface area contributed by atoms with Crippen LogP contribution < -0.4 is 15.2 Å². The molecule has 7 nitrogen and oxygen atoms in total. The van der Waals surface area contributed by atoms with Gasteiger partial charge in [-0.2, -0.15) is 0 Å². The molecule has 1 aromatic carbocycles. The smallest absolute Gasteiger partial charge is 0.360 e. The molecule has 0 fully saturated rings. The Labute approximate surface area is 156 Å². The molecule has 27 heavy (non-hydrogen) atoms. The second kappa shape index (κ2) is 7.49. The van der Waals surface area contributed by atoms with Gasteiger partial charge in [-0.1, -0.05) is 30.3 Å². The van der Waals surface area contributed by atoms with Crippen LogP contribution in [0.15, 0.2) is 47.4 Å². The van der Waals surface area contributed by atoms with Gasteiger partial charge in [0.2, 0.25) is 5.75 Å². The monoisotopic (exact) mass is 367 g/mol. The molecule has 140 valence electrons. The van der Waals surface area contributed by atoms with Crippen molar-refractivity contribution in [1.29, 1.82) is 0 Å². The van der Waals surface area contributed by atoms with Gasteiger partial charge in [0.1, 0.15) is 12.3 Å². The Balaban J connectivity index is 2.17. The van der Waals surface area contributed by atoms with Crippen molar-refractivity contribution < 1.29 is 14.3 Å². The van der Waals surface area contributed by atoms with Crippen molar-refractivity contribution in [1.82, 2.24) is 9.38 Å². The third-order valence-corrected chi connectivity index (χ3v) is 4.17. The summed E-state index contributed by atoms with van der Waals surface area (Å²) < 4.78 is 11.9. The summed E-state index contributed by atoms with van der Waals surface area (Å²) in [7, 11) is 5.01. The van der Waals surface area contributed by atoms with Gasteiger partial charge in [-0.15, -0.1) is 0 Å². The summed E-state index contributed by atoms with van der Waals surface area (Å²) in [6.45, 7) is 1.97. The van der Waals surface area contributed by atoms with Crippen molar-refractivity contribution in [2.75, 3.05) is 26.1 Å². The van der Waals surface area contributed by atoms with Gasteiger partial charge in [0.05, 0.1) is 12.8 Å². The van der Waals surface area contributed by atoms with Crippen molar-refractivity contribution in [2.24, 2.45) is 0 Å². The second-order valence-corrected chi connectivity index (χ2v) is 6.33. The fourth-order valence-electron chi connectivity index (χ4n) is 2.71. The van der Waals surface area contributed by atoms with E-state index in [0.29, 0.717) is 5.65 Å². The lowest BCUT2D eigenvalue weighted by Crippen LogP contribution is -2.24. The number of aryl methyl sites for hydroxylation is 1. The fourth-order valence-corrected chi connectivity index (χ4v) is 2.71. The molecule has 7 heteroatoms.